The maximum atomic E-state index is 11.1. The van der Waals surface area contributed by atoms with Crippen molar-refractivity contribution in [2.45, 2.75) is 6.54 Å². The number of nitro benzene ring substituents is 1. The van der Waals surface area contributed by atoms with E-state index in [1.54, 1.807) is 5.38 Å². The Morgan fingerprint density at radius 3 is 2.80 bits per heavy atom. The third kappa shape index (κ3) is 3.01. The van der Waals surface area contributed by atoms with Crippen LogP contribution in [-0.2, 0) is 6.54 Å². The Balaban J connectivity index is 2.24. The molecular formula is C11H9N3O5S. The Morgan fingerprint density at radius 2 is 2.25 bits per heavy atom. The fourth-order valence-corrected chi connectivity index (χ4v) is 2.15. The predicted molar refractivity (Wildman–Crippen MR) is 72.3 cm³/mol. The van der Waals surface area contributed by atoms with Gasteiger partial charge in [0.2, 0.25) is 0 Å². The third-order valence-electron chi connectivity index (χ3n) is 2.48. The predicted octanol–water partition coefficient (Wildman–Crippen LogP) is 1.65. The van der Waals surface area contributed by atoms with E-state index >= 15 is 0 Å². The van der Waals surface area contributed by atoms with Crippen LogP contribution in [-0.4, -0.2) is 21.0 Å². The van der Waals surface area contributed by atoms with E-state index in [2.05, 4.69) is 10.3 Å². The minimum absolute atomic E-state index is 0.197. The van der Waals surface area contributed by atoms with E-state index in [1.807, 2.05) is 0 Å². The smallest absolute Gasteiger partial charge is 0.338 e. The lowest BCUT2D eigenvalue weighted by atomic mass is 10.1. The minimum Gasteiger partial charge on any atom is -0.478 e. The molecular weight excluding hydrogens is 286 g/mol. The van der Waals surface area contributed by atoms with Crippen LogP contribution in [0.4, 0.5) is 11.4 Å². The van der Waals surface area contributed by atoms with Crippen molar-refractivity contribution in [1.82, 2.24) is 4.98 Å². The largest absolute Gasteiger partial charge is 0.478 e. The Kier molecular flexibility index (Phi) is 3.80. The zero-order valence-corrected chi connectivity index (χ0v) is 10.8. The van der Waals surface area contributed by atoms with E-state index in [1.165, 1.54) is 12.1 Å². The van der Waals surface area contributed by atoms with Gasteiger partial charge in [0.05, 0.1) is 17.0 Å². The van der Waals surface area contributed by atoms with Crippen LogP contribution < -0.4 is 10.2 Å². The van der Waals surface area contributed by atoms with E-state index < -0.39 is 10.9 Å². The molecule has 0 fully saturated rings. The lowest BCUT2D eigenvalue weighted by Crippen LogP contribution is -2.08. The molecule has 0 atom stereocenters. The van der Waals surface area contributed by atoms with Crippen molar-refractivity contribution in [2.24, 2.45) is 0 Å². The summed E-state index contributed by atoms with van der Waals surface area (Å²) in [6.07, 6.45) is 0. The van der Waals surface area contributed by atoms with Crippen LogP contribution in [0, 0.1) is 10.1 Å². The fraction of sp³-hybridized carbons (Fsp3) is 0.0909. The number of aromatic carboxylic acids is 1. The number of carboxylic acids is 1. The van der Waals surface area contributed by atoms with E-state index in [4.69, 9.17) is 5.11 Å². The first kappa shape index (κ1) is 13.7. The van der Waals surface area contributed by atoms with Gasteiger partial charge in [-0.25, -0.2) is 4.79 Å². The van der Waals surface area contributed by atoms with E-state index in [0.717, 1.165) is 17.4 Å². The Labute approximate surface area is 115 Å². The van der Waals surface area contributed by atoms with Gasteiger partial charge in [0, 0.05) is 28.9 Å². The van der Waals surface area contributed by atoms with Crippen LogP contribution >= 0.6 is 11.3 Å². The Morgan fingerprint density at radius 1 is 1.50 bits per heavy atom. The molecule has 104 valence electrons. The summed E-state index contributed by atoms with van der Waals surface area (Å²) >= 11 is 1.000. The first-order valence-electron chi connectivity index (χ1n) is 5.39. The van der Waals surface area contributed by atoms with Crippen molar-refractivity contribution in [3.05, 3.63) is 54.6 Å². The molecule has 0 saturated heterocycles. The number of hydrogen-bond donors (Lipinski definition) is 3. The second-order valence-electron chi connectivity index (χ2n) is 3.82. The molecule has 3 N–H and O–H groups in total. The van der Waals surface area contributed by atoms with Gasteiger partial charge in [-0.15, -0.1) is 0 Å². The van der Waals surface area contributed by atoms with Crippen LogP contribution in [0.1, 0.15) is 16.1 Å². The maximum absolute atomic E-state index is 11.1. The van der Waals surface area contributed by atoms with Crippen molar-refractivity contribution < 1.29 is 14.8 Å². The third-order valence-corrected chi connectivity index (χ3v) is 3.20. The highest BCUT2D eigenvalue weighted by Crippen LogP contribution is 2.22. The highest BCUT2D eigenvalue weighted by molar-refractivity contribution is 7.07. The van der Waals surface area contributed by atoms with Crippen molar-refractivity contribution >= 4 is 28.7 Å². The topological polar surface area (TPSA) is 125 Å². The molecule has 0 saturated carbocycles. The van der Waals surface area contributed by atoms with Crippen LogP contribution in [0.25, 0.3) is 0 Å². The number of carbonyl (C=O) groups is 1. The summed E-state index contributed by atoms with van der Waals surface area (Å²) in [4.78, 5) is 34.4. The standard InChI is InChI=1S/C11H9N3O5S/c15-10(16)8-3-7(14(18)19)1-2-9(8)12-4-6-5-20-11(17)13-6/h1-3,5,12H,4H2,(H,13,17)(H,15,16). The molecule has 1 aromatic carbocycles. The number of nitro groups is 1. The number of hydrogen-bond acceptors (Lipinski definition) is 6. The van der Waals surface area contributed by atoms with E-state index in [0.29, 0.717) is 5.69 Å². The number of non-ortho nitro benzene ring substituents is 1. The van der Waals surface area contributed by atoms with Crippen molar-refractivity contribution in [2.75, 3.05) is 5.32 Å². The van der Waals surface area contributed by atoms with E-state index in [9.17, 15) is 19.7 Å². The maximum Gasteiger partial charge on any atom is 0.338 e. The highest BCUT2D eigenvalue weighted by Gasteiger charge is 2.15. The van der Waals surface area contributed by atoms with Gasteiger partial charge in [0.15, 0.2) is 0 Å². The average molecular weight is 295 g/mol. The summed E-state index contributed by atoms with van der Waals surface area (Å²) < 4.78 is 0. The molecule has 0 bridgehead atoms. The molecule has 9 heteroatoms. The van der Waals surface area contributed by atoms with Crippen LogP contribution in [0.5, 0.6) is 0 Å². The second kappa shape index (κ2) is 5.53. The number of thiazole rings is 1. The molecule has 0 amide bonds. The lowest BCUT2D eigenvalue weighted by molar-refractivity contribution is -0.384. The van der Waals surface area contributed by atoms with Gasteiger partial charge >= 0.3 is 10.8 Å². The molecule has 0 unspecified atom stereocenters. The molecule has 0 spiro atoms. The summed E-state index contributed by atoms with van der Waals surface area (Å²) in [5.74, 6) is -1.27. The summed E-state index contributed by atoms with van der Waals surface area (Å²) in [5, 5.41) is 24.1. The number of nitrogens with one attached hydrogen (secondary N) is 2. The number of rotatable bonds is 5. The number of aromatic amines is 1. The molecule has 2 rings (SSSR count). The number of benzene rings is 1. The van der Waals surface area contributed by atoms with Crippen molar-refractivity contribution in [3.63, 3.8) is 0 Å². The van der Waals surface area contributed by atoms with Gasteiger partial charge < -0.3 is 15.4 Å². The normalized spacial score (nSPS) is 10.2. The van der Waals surface area contributed by atoms with Crippen LogP contribution in [0.15, 0.2) is 28.4 Å². The number of anilines is 1. The molecule has 2 aromatic rings. The minimum atomic E-state index is -1.27. The quantitative estimate of drug-likeness (QED) is 0.569. The monoisotopic (exact) mass is 295 g/mol. The highest BCUT2D eigenvalue weighted by atomic mass is 32.1. The zero-order valence-electron chi connectivity index (χ0n) is 9.95. The fourth-order valence-electron chi connectivity index (χ4n) is 1.57. The van der Waals surface area contributed by atoms with Crippen LogP contribution in [0.2, 0.25) is 0 Å². The Bertz CT molecular complexity index is 721. The number of H-pyrrole nitrogens is 1. The summed E-state index contributed by atoms with van der Waals surface area (Å²) in [6, 6.07) is 3.53. The molecule has 20 heavy (non-hydrogen) atoms. The molecule has 0 radical (unpaired) electrons. The van der Waals surface area contributed by atoms with Gasteiger partial charge in [-0.3, -0.25) is 14.9 Å². The van der Waals surface area contributed by atoms with Gasteiger partial charge in [0.25, 0.3) is 5.69 Å². The average Bonchev–Trinajstić information content (AvgIpc) is 2.81. The van der Waals surface area contributed by atoms with Crippen molar-refractivity contribution in [3.8, 4) is 0 Å². The van der Waals surface area contributed by atoms with Gasteiger partial charge in [-0.05, 0) is 6.07 Å². The van der Waals surface area contributed by atoms with E-state index in [-0.39, 0.29) is 28.4 Å². The molecule has 1 heterocycles. The number of carboxylic acid groups (broad SMARTS) is 1. The molecule has 0 aliphatic rings. The molecule has 1 aromatic heterocycles. The molecule has 8 nitrogen and oxygen atoms in total. The summed E-state index contributed by atoms with van der Waals surface area (Å²) in [5.41, 5.74) is 0.360. The van der Waals surface area contributed by atoms with Gasteiger partial charge in [0.1, 0.15) is 0 Å². The number of aromatic nitrogens is 1. The lowest BCUT2D eigenvalue weighted by Gasteiger charge is -2.08. The molecule has 0 aliphatic carbocycles. The SMILES string of the molecule is O=C(O)c1cc([N+](=O)[O-])ccc1NCc1csc(=O)[nH]1. The van der Waals surface area contributed by atoms with Crippen molar-refractivity contribution in [1.29, 1.82) is 0 Å². The van der Waals surface area contributed by atoms with Gasteiger partial charge in [-0.2, -0.15) is 0 Å². The Hall–Kier alpha value is -2.68. The molecule has 0 aliphatic heterocycles. The first-order chi connectivity index (χ1) is 9.47. The zero-order chi connectivity index (χ0) is 14.7. The second-order valence-corrected chi connectivity index (χ2v) is 4.66. The van der Waals surface area contributed by atoms with Gasteiger partial charge in [-0.1, -0.05) is 11.3 Å². The summed E-state index contributed by atoms with van der Waals surface area (Å²) in [7, 11) is 0. The van der Waals surface area contributed by atoms with Crippen LogP contribution in [0.3, 0.4) is 0 Å². The first-order valence-corrected chi connectivity index (χ1v) is 6.27. The number of nitrogens with zero attached hydrogens (tertiary/aromatic N) is 1. The summed E-state index contributed by atoms with van der Waals surface area (Å²) in [6.45, 7) is 0.219.